The van der Waals surface area contributed by atoms with Crippen LogP contribution in [0.2, 0.25) is 0 Å². The maximum atomic E-state index is 12.3. The molecule has 0 fully saturated rings. The molecule has 6 heteroatoms. The molecule has 0 aliphatic rings. The third-order valence-corrected chi connectivity index (χ3v) is 3.97. The number of nitrogens with one attached hydrogen (secondary N) is 1. The summed E-state index contributed by atoms with van der Waals surface area (Å²) in [4.78, 5) is 25.0. The average molecular weight is 317 g/mol. The van der Waals surface area contributed by atoms with Crippen molar-refractivity contribution in [3.8, 4) is 0 Å². The molecule has 0 saturated carbocycles. The van der Waals surface area contributed by atoms with Gasteiger partial charge in [-0.2, -0.15) is 5.10 Å². The fraction of sp³-hybridized carbons (Fsp3) is 0.312. The van der Waals surface area contributed by atoms with Gasteiger partial charge >= 0.3 is 0 Å². The van der Waals surface area contributed by atoms with E-state index in [1.807, 2.05) is 37.4 Å². The van der Waals surface area contributed by atoms with Crippen molar-refractivity contribution in [2.75, 3.05) is 11.6 Å². The molecule has 1 aromatic heterocycles. The summed E-state index contributed by atoms with van der Waals surface area (Å²) in [5.74, 6) is -0.313. The molecular weight excluding hydrogens is 298 g/mol. The van der Waals surface area contributed by atoms with Crippen LogP contribution in [0, 0.1) is 0 Å². The normalized spacial score (nSPS) is 10.5. The summed E-state index contributed by atoms with van der Waals surface area (Å²) in [6.07, 6.45) is 3.77. The maximum Gasteiger partial charge on any atom is 0.276 e. The van der Waals surface area contributed by atoms with E-state index in [-0.39, 0.29) is 17.2 Å². The van der Waals surface area contributed by atoms with Crippen molar-refractivity contribution >= 4 is 23.4 Å². The van der Waals surface area contributed by atoms with Crippen LogP contribution in [0.1, 0.15) is 30.3 Å². The highest BCUT2D eigenvalue weighted by atomic mass is 32.2. The number of carbonyl (C=O) groups excluding carboxylic acids is 1. The molecule has 0 aliphatic heterocycles. The molecule has 5 nitrogen and oxygen atoms in total. The molecule has 0 spiro atoms. The van der Waals surface area contributed by atoms with Crippen LogP contribution in [0.15, 0.2) is 46.1 Å². The number of benzene rings is 1. The maximum absolute atomic E-state index is 12.3. The quantitative estimate of drug-likeness (QED) is 0.832. The highest BCUT2D eigenvalue weighted by molar-refractivity contribution is 7.98. The van der Waals surface area contributed by atoms with Crippen molar-refractivity contribution < 1.29 is 4.79 Å². The molecule has 0 atom stereocenters. The number of anilines is 1. The van der Waals surface area contributed by atoms with E-state index in [1.54, 1.807) is 11.8 Å². The summed E-state index contributed by atoms with van der Waals surface area (Å²) >= 11 is 1.56. The molecule has 2 rings (SSSR count). The zero-order valence-electron chi connectivity index (χ0n) is 12.7. The Morgan fingerprint density at radius 1 is 1.27 bits per heavy atom. The standard InChI is InChI=1S/C16H19N3O2S/c1-3-4-11-19-15(20)10-9-13(18-19)16(21)17-12-7-5-6-8-14(12)22-2/h5-10H,3-4,11H2,1-2H3,(H,17,21). The first-order valence-corrected chi connectivity index (χ1v) is 8.40. The largest absolute Gasteiger partial charge is 0.320 e. The SMILES string of the molecule is CCCCn1nc(C(=O)Nc2ccccc2SC)ccc1=O. The second-order valence-electron chi connectivity index (χ2n) is 4.79. The van der Waals surface area contributed by atoms with E-state index in [9.17, 15) is 9.59 Å². The first kappa shape index (κ1) is 16.3. The van der Waals surface area contributed by atoms with Crippen LogP contribution in [0.25, 0.3) is 0 Å². The molecule has 2 aromatic rings. The number of nitrogens with zero attached hydrogens (tertiary/aromatic N) is 2. The fourth-order valence-electron chi connectivity index (χ4n) is 1.97. The Bertz CT molecular complexity index is 713. The minimum absolute atomic E-state index is 0.186. The van der Waals surface area contributed by atoms with Crippen LogP contribution in [-0.2, 0) is 6.54 Å². The van der Waals surface area contributed by atoms with Crippen molar-refractivity contribution in [1.82, 2.24) is 9.78 Å². The Morgan fingerprint density at radius 2 is 2.05 bits per heavy atom. The summed E-state index contributed by atoms with van der Waals surface area (Å²) in [6, 6.07) is 10.4. The molecule has 116 valence electrons. The molecule has 0 unspecified atom stereocenters. The van der Waals surface area contributed by atoms with Gasteiger partial charge in [0.2, 0.25) is 0 Å². The van der Waals surface area contributed by atoms with Gasteiger partial charge < -0.3 is 5.32 Å². The number of aromatic nitrogens is 2. The number of hydrogen-bond acceptors (Lipinski definition) is 4. The van der Waals surface area contributed by atoms with Gasteiger partial charge in [0.05, 0.1) is 5.69 Å². The number of thioether (sulfide) groups is 1. The Labute approximate surface area is 133 Å². The number of unbranched alkanes of at least 4 members (excludes halogenated alkanes) is 1. The Morgan fingerprint density at radius 3 is 2.77 bits per heavy atom. The predicted octanol–water partition coefficient (Wildman–Crippen LogP) is 3.02. The molecule has 0 aliphatic carbocycles. The molecule has 1 aromatic carbocycles. The Balaban J connectivity index is 2.20. The second kappa shape index (κ2) is 7.79. The van der Waals surface area contributed by atoms with Crippen LogP contribution in [0.3, 0.4) is 0 Å². The van der Waals surface area contributed by atoms with Gasteiger partial charge in [-0.25, -0.2) is 4.68 Å². The molecule has 0 bridgehead atoms. The Kier molecular flexibility index (Phi) is 5.77. The van der Waals surface area contributed by atoms with Gasteiger partial charge in [-0.05, 0) is 30.9 Å². The predicted molar refractivity (Wildman–Crippen MR) is 89.6 cm³/mol. The minimum atomic E-state index is -0.313. The van der Waals surface area contributed by atoms with E-state index in [4.69, 9.17) is 0 Å². The van der Waals surface area contributed by atoms with Crippen LogP contribution in [0.5, 0.6) is 0 Å². The van der Waals surface area contributed by atoms with Crippen LogP contribution >= 0.6 is 11.8 Å². The van der Waals surface area contributed by atoms with E-state index >= 15 is 0 Å². The minimum Gasteiger partial charge on any atom is -0.320 e. The molecule has 1 amide bonds. The fourth-order valence-corrected chi connectivity index (χ4v) is 2.53. The summed E-state index contributed by atoms with van der Waals surface area (Å²) in [5, 5.41) is 6.99. The van der Waals surface area contributed by atoms with Gasteiger partial charge in [0.25, 0.3) is 11.5 Å². The zero-order chi connectivity index (χ0) is 15.9. The smallest absolute Gasteiger partial charge is 0.276 e. The van der Waals surface area contributed by atoms with E-state index < -0.39 is 0 Å². The van der Waals surface area contributed by atoms with Gasteiger partial charge in [-0.15, -0.1) is 11.8 Å². The second-order valence-corrected chi connectivity index (χ2v) is 5.64. The molecule has 0 radical (unpaired) electrons. The lowest BCUT2D eigenvalue weighted by molar-refractivity contribution is 0.101. The highest BCUT2D eigenvalue weighted by Crippen LogP contribution is 2.24. The van der Waals surface area contributed by atoms with Gasteiger partial charge in [-0.1, -0.05) is 25.5 Å². The number of amides is 1. The summed E-state index contributed by atoms with van der Waals surface area (Å²) in [6.45, 7) is 2.57. The number of rotatable bonds is 6. The monoisotopic (exact) mass is 317 g/mol. The van der Waals surface area contributed by atoms with Gasteiger partial charge in [0.1, 0.15) is 5.69 Å². The van der Waals surface area contributed by atoms with Gasteiger partial charge in [0, 0.05) is 17.5 Å². The lowest BCUT2D eigenvalue weighted by Crippen LogP contribution is -2.26. The molecule has 0 saturated heterocycles. The van der Waals surface area contributed by atoms with Crippen molar-refractivity contribution in [2.45, 2.75) is 31.2 Å². The lowest BCUT2D eigenvalue weighted by atomic mass is 10.3. The lowest BCUT2D eigenvalue weighted by Gasteiger charge is -2.10. The number of carbonyl (C=O) groups is 1. The van der Waals surface area contributed by atoms with Crippen LogP contribution in [-0.4, -0.2) is 21.9 Å². The topological polar surface area (TPSA) is 64.0 Å². The molecular formula is C16H19N3O2S. The van der Waals surface area contributed by atoms with Gasteiger partial charge in [-0.3, -0.25) is 9.59 Å². The van der Waals surface area contributed by atoms with Crippen LogP contribution < -0.4 is 10.9 Å². The first-order chi connectivity index (χ1) is 10.7. The van der Waals surface area contributed by atoms with E-state index in [2.05, 4.69) is 10.4 Å². The van der Waals surface area contributed by atoms with Gasteiger partial charge in [0.15, 0.2) is 0 Å². The van der Waals surface area contributed by atoms with Crippen molar-refractivity contribution in [3.63, 3.8) is 0 Å². The summed E-state index contributed by atoms with van der Waals surface area (Å²) in [5.41, 5.74) is 0.800. The third kappa shape index (κ3) is 3.98. The molecule has 1 N–H and O–H groups in total. The molecule has 1 heterocycles. The van der Waals surface area contributed by atoms with Crippen molar-refractivity contribution in [2.24, 2.45) is 0 Å². The van der Waals surface area contributed by atoms with Crippen molar-refractivity contribution in [1.29, 1.82) is 0 Å². The van der Waals surface area contributed by atoms with E-state index in [0.29, 0.717) is 6.54 Å². The summed E-state index contributed by atoms with van der Waals surface area (Å²) in [7, 11) is 0. The Hall–Kier alpha value is -2.08. The van der Waals surface area contributed by atoms with E-state index in [0.717, 1.165) is 23.4 Å². The average Bonchev–Trinajstić information content (AvgIpc) is 2.54. The highest BCUT2D eigenvalue weighted by Gasteiger charge is 2.11. The van der Waals surface area contributed by atoms with Crippen LogP contribution in [0.4, 0.5) is 5.69 Å². The third-order valence-electron chi connectivity index (χ3n) is 3.18. The number of aryl methyl sites for hydroxylation is 1. The van der Waals surface area contributed by atoms with Crippen molar-refractivity contribution in [3.05, 3.63) is 52.4 Å². The summed E-state index contributed by atoms with van der Waals surface area (Å²) < 4.78 is 1.35. The van der Waals surface area contributed by atoms with E-state index in [1.165, 1.54) is 16.8 Å². The first-order valence-electron chi connectivity index (χ1n) is 7.18. The number of hydrogen-bond donors (Lipinski definition) is 1. The number of para-hydroxylation sites is 1. The molecule has 22 heavy (non-hydrogen) atoms. The zero-order valence-corrected chi connectivity index (χ0v) is 13.5.